The van der Waals surface area contributed by atoms with Crippen molar-refractivity contribution in [1.82, 2.24) is 0 Å². The van der Waals surface area contributed by atoms with Gasteiger partial charge in [0.05, 0.1) is 11.1 Å². The van der Waals surface area contributed by atoms with E-state index < -0.39 is 98.3 Å². The molecule has 4 rings (SSSR count). The number of alkyl halides is 5. The van der Waals surface area contributed by atoms with E-state index in [9.17, 15) is 57.1 Å². The summed E-state index contributed by atoms with van der Waals surface area (Å²) in [5, 5.41) is 0. The molecule has 0 saturated carbocycles. The van der Waals surface area contributed by atoms with Gasteiger partial charge in [0, 0.05) is 17.7 Å². The van der Waals surface area contributed by atoms with E-state index >= 15 is 0 Å². The average molecular weight is 709 g/mol. The molecule has 260 valence electrons. The lowest BCUT2D eigenvalue weighted by Gasteiger charge is -2.20. The highest BCUT2D eigenvalue weighted by atomic mass is 19.4. The lowest BCUT2D eigenvalue weighted by molar-refractivity contribution is -0.276. The molecule has 0 N–H and O–H groups in total. The number of aryl methyl sites for hydroxylation is 1. The number of ether oxygens (including phenoxy) is 2. The molecule has 49 heavy (non-hydrogen) atoms. The van der Waals surface area contributed by atoms with Gasteiger partial charge in [0.15, 0.2) is 11.6 Å². The highest BCUT2D eigenvalue weighted by Gasteiger charge is 2.41. The predicted molar refractivity (Wildman–Crippen MR) is 149 cm³/mol. The van der Waals surface area contributed by atoms with E-state index in [1.807, 2.05) is 6.92 Å². The molecular weight excluding hydrogens is 687 g/mol. The third-order valence-electron chi connectivity index (χ3n) is 6.85. The molecule has 2 nitrogen and oxygen atoms in total. The van der Waals surface area contributed by atoms with E-state index in [1.54, 1.807) is 0 Å². The SMILES string of the molecule is CCCCCCc1cc(F)c(C#Cc2cc(F)c(C(F)(F)Oc3cc(F)c(-c4cc(F)c(OC(F)(F)F)c(F)c4)c(F)c3)c(F)c2)c(F)c1. The normalized spacial score (nSPS) is 11.7. The Hall–Kier alpha value is -4.87. The van der Waals surface area contributed by atoms with Gasteiger partial charge < -0.3 is 9.47 Å². The third-order valence-corrected chi connectivity index (χ3v) is 6.85. The van der Waals surface area contributed by atoms with Crippen LogP contribution in [0.2, 0.25) is 0 Å². The lowest BCUT2D eigenvalue weighted by atomic mass is 10.0. The van der Waals surface area contributed by atoms with Gasteiger partial charge in [-0.2, -0.15) is 8.78 Å². The molecule has 0 bridgehead atoms. The highest BCUT2D eigenvalue weighted by Crippen LogP contribution is 2.39. The second kappa shape index (κ2) is 14.7. The topological polar surface area (TPSA) is 18.5 Å². The number of hydrogen-bond acceptors (Lipinski definition) is 2. The van der Waals surface area contributed by atoms with Crippen LogP contribution in [0.4, 0.5) is 57.1 Å². The van der Waals surface area contributed by atoms with Crippen LogP contribution in [0.1, 0.15) is 54.9 Å². The molecule has 0 radical (unpaired) electrons. The Morgan fingerprint density at radius 3 is 1.63 bits per heavy atom. The summed E-state index contributed by atoms with van der Waals surface area (Å²) in [7, 11) is 0. The van der Waals surface area contributed by atoms with Crippen molar-refractivity contribution in [2.45, 2.75) is 51.5 Å². The summed E-state index contributed by atoms with van der Waals surface area (Å²) in [4.78, 5) is 0. The third kappa shape index (κ3) is 8.98. The summed E-state index contributed by atoms with van der Waals surface area (Å²) in [5.41, 5.74) is -5.33. The van der Waals surface area contributed by atoms with Gasteiger partial charge in [-0.1, -0.05) is 38.0 Å². The van der Waals surface area contributed by atoms with Crippen LogP contribution in [0.15, 0.2) is 48.5 Å². The number of unbranched alkanes of at least 4 members (excludes halogenated alkanes) is 3. The maximum Gasteiger partial charge on any atom is 0.573 e. The molecule has 0 saturated heterocycles. The molecule has 4 aromatic rings. The fourth-order valence-electron chi connectivity index (χ4n) is 4.70. The summed E-state index contributed by atoms with van der Waals surface area (Å²) in [5.74, 6) is -12.9. The summed E-state index contributed by atoms with van der Waals surface area (Å²) in [6.07, 6.45) is -6.62. The maximum atomic E-state index is 14.9. The van der Waals surface area contributed by atoms with Crippen LogP contribution < -0.4 is 9.47 Å². The van der Waals surface area contributed by atoms with Gasteiger partial charge in [0.2, 0.25) is 5.75 Å². The number of halogens is 13. The lowest BCUT2D eigenvalue weighted by Crippen LogP contribution is -2.25. The highest BCUT2D eigenvalue weighted by molar-refractivity contribution is 5.67. The second-order valence-corrected chi connectivity index (χ2v) is 10.5. The van der Waals surface area contributed by atoms with Crippen molar-refractivity contribution in [2.75, 3.05) is 0 Å². The molecular formula is C34H21F13O2. The summed E-state index contributed by atoms with van der Waals surface area (Å²) in [6.45, 7) is 2.00. The largest absolute Gasteiger partial charge is 0.573 e. The van der Waals surface area contributed by atoms with Gasteiger partial charge in [-0.3, -0.25) is 0 Å². The molecule has 0 fully saturated rings. The molecule has 0 spiro atoms. The van der Waals surface area contributed by atoms with Gasteiger partial charge in [-0.25, -0.2) is 35.1 Å². The molecule has 0 aliphatic rings. The van der Waals surface area contributed by atoms with Gasteiger partial charge in [0.25, 0.3) is 0 Å². The Balaban J connectivity index is 1.57. The van der Waals surface area contributed by atoms with Crippen LogP contribution in [0, 0.1) is 58.4 Å². The first kappa shape index (κ1) is 37.0. The Morgan fingerprint density at radius 1 is 0.571 bits per heavy atom. The minimum atomic E-state index is -5.52. The zero-order valence-electron chi connectivity index (χ0n) is 24.9. The molecule has 0 unspecified atom stereocenters. The molecule has 0 atom stereocenters. The Labute approximate surface area is 270 Å². The Kier molecular flexibility index (Phi) is 11.1. The van der Waals surface area contributed by atoms with Crippen molar-refractivity contribution in [3.63, 3.8) is 0 Å². The number of benzene rings is 4. The fraction of sp³-hybridized carbons (Fsp3) is 0.235. The predicted octanol–water partition coefficient (Wildman–Crippen LogP) is 11.0. The minimum Gasteiger partial charge on any atom is -0.429 e. The van der Waals surface area contributed by atoms with E-state index in [-0.39, 0.29) is 24.3 Å². The molecule has 0 aromatic heterocycles. The van der Waals surface area contributed by atoms with Crippen molar-refractivity contribution in [1.29, 1.82) is 0 Å². The van der Waals surface area contributed by atoms with Crippen LogP contribution in [0.25, 0.3) is 11.1 Å². The van der Waals surface area contributed by atoms with Crippen LogP contribution in [0.3, 0.4) is 0 Å². The average Bonchev–Trinajstić information content (AvgIpc) is 2.95. The van der Waals surface area contributed by atoms with Crippen LogP contribution >= 0.6 is 0 Å². The maximum absolute atomic E-state index is 14.9. The number of rotatable bonds is 10. The minimum absolute atomic E-state index is 0.0531. The van der Waals surface area contributed by atoms with Gasteiger partial charge in [-0.05, 0) is 60.4 Å². The number of hydrogen-bond donors (Lipinski definition) is 0. The molecule has 4 aromatic carbocycles. The molecule has 0 heterocycles. The fourth-order valence-corrected chi connectivity index (χ4v) is 4.70. The quantitative estimate of drug-likeness (QED) is 0.0928. The Morgan fingerprint density at radius 2 is 1.12 bits per heavy atom. The molecule has 0 aliphatic carbocycles. The van der Waals surface area contributed by atoms with Crippen molar-refractivity contribution in [2.24, 2.45) is 0 Å². The second-order valence-electron chi connectivity index (χ2n) is 10.5. The van der Waals surface area contributed by atoms with Crippen molar-refractivity contribution in [3.05, 3.63) is 117 Å². The van der Waals surface area contributed by atoms with Gasteiger partial charge in [0.1, 0.15) is 46.2 Å². The zero-order valence-corrected chi connectivity index (χ0v) is 24.9. The molecule has 0 aliphatic heterocycles. The van der Waals surface area contributed by atoms with E-state index in [0.29, 0.717) is 30.5 Å². The van der Waals surface area contributed by atoms with Crippen molar-refractivity contribution < 1.29 is 66.5 Å². The summed E-state index contributed by atoms with van der Waals surface area (Å²) in [6, 6.07) is 2.94. The summed E-state index contributed by atoms with van der Waals surface area (Å²) >= 11 is 0. The first-order valence-electron chi connectivity index (χ1n) is 14.2. The monoisotopic (exact) mass is 708 g/mol. The first-order valence-corrected chi connectivity index (χ1v) is 14.2. The molecule has 0 amide bonds. The van der Waals surface area contributed by atoms with Crippen LogP contribution in [-0.4, -0.2) is 6.36 Å². The standard InChI is InChI=1S/C34H21F13O2/c1-2-3-4-5-6-17-9-22(35)21(23(36)10-17)8-7-18-11-26(39)31(27(40)12-18)33(43,44)48-20-15-24(37)30(25(38)16-20)19-13-28(41)32(29(42)14-19)49-34(45,46)47/h9-16H,2-6H2,1H3. The summed E-state index contributed by atoms with van der Waals surface area (Å²) < 4.78 is 191. The van der Waals surface area contributed by atoms with E-state index in [2.05, 4.69) is 21.3 Å². The first-order chi connectivity index (χ1) is 22.9. The Bertz CT molecular complexity index is 1830. The smallest absolute Gasteiger partial charge is 0.429 e. The van der Waals surface area contributed by atoms with E-state index in [1.165, 1.54) is 0 Å². The zero-order chi connectivity index (χ0) is 36.3. The van der Waals surface area contributed by atoms with Crippen molar-refractivity contribution >= 4 is 0 Å². The molecule has 15 heteroatoms. The van der Waals surface area contributed by atoms with Crippen molar-refractivity contribution in [3.8, 4) is 34.5 Å². The van der Waals surface area contributed by atoms with E-state index in [4.69, 9.17) is 0 Å². The van der Waals surface area contributed by atoms with E-state index in [0.717, 1.165) is 31.4 Å². The van der Waals surface area contributed by atoms with Crippen LogP contribution in [0.5, 0.6) is 11.5 Å². The van der Waals surface area contributed by atoms with Gasteiger partial charge >= 0.3 is 12.5 Å². The van der Waals surface area contributed by atoms with Gasteiger partial charge in [-0.15, -0.1) is 13.2 Å². The van der Waals surface area contributed by atoms with Crippen LogP contribution in [-0.2, 0) is 12.5 Å².